The van der Waals surface area contributed by atoms with Gasteiger partial charge >= 0.3 is 0 Å². The molecular weight excluding hydrogens is 298 g/mol. The molecule has 0 spiro atoms. The number of pyridine rings is 1. The summed E-state index contributed by atoms with van der Waals surface area (Å²) in [6.45, 7) is 4.03. The highest BCUT2D eigenvalue weighted by Crippen LogP contribution is 2.13. The number of carbonyl (C=O) groups excluding carboxylic acids is 1. The largest absolute Gasteiger partial charge is 0.373 e. The van der Waals surface area contributed by atoms with Crippen LogP contribution < -0.4 is 0 Å². The smallest absolute Gasteiger partial charge is 0.145 e. The Morgan fingerprint density at radius 1 is 1.33 bits per heavy atom. The first-order valence-corrected chi connectivity index (χ1v) is 8.36. The van der Waals surface area contributed by atoms with Crippen LogP contribution in [0.15, 0.2) is 66.4 Å². The number of hydrogen-bond acceptors (Lipinski definition) is 3. The molecule has 1 aliphatic carbocycles. The summed E-state index contributed by atoms with van der Waals surface area (Å²) >= 11 is 0. The van der Waals surface area contributed by atoms with Gasteiger partial charge in [0.15, 0.2) is 0 Å². The van der Waals surface area contributed by atoms with E-state index in [1.165, 1.54) is 5.56 Å². The van der Waals surface area contributed by atoms with Crippen LogP contribution in [-0.4, -0.2) is 24.0 Å². The molecule has 0 aliphatic heterocycles. The minimum absolute atomic E-state index is 0.0367. The summed E-state index contributed by atoms with van der Waals surface area (Å²) in [5.41, 5.74) is 3.07. The Balaban J connectivity index is 2.07. The predicted octanol–water partition coefficient (Wildman–Crippen LogP) is 4.02. The Bertz CT molecular complexity index is 683. The summed E-state index contributed by atoms with van der Waals surface area (Å²) in [7, 11) is 1.68. The monoisotopic (exact) mass is 323 g/mol. The lowest BCUT2D eigenvalue weighted by Gasteiger charge is -2.09. The van der Waals surface area contributed by atoms with Crippen molar-refractivity contribution in [3.8, 4) is 0 Å². The summed E-state index contributed by atoms with van der Waals surface area (Å²) in [6, 6.07) is 4.00. The van der Waals surface area contributed by atoms with E-state index in [0.717, 1.165) is 17.7 Å². The van der Waals surface area contributed by atoms with Gasteiger partial charge in [-0.3, -0.25) is 9.78 Å². The fourth-order valence-corrected chi connectivity index (χ4v) is 2.50. The van der Waals surface area contributed by atoms with E-state index in [1.807, 2.05) is 61.6 Å². The lowest BCUT2D eigenvalue weighted by atomic mass is 9.97. The van der Waals surface area contributed by atoms with Gasteiger partial charge in [-0.1, -0.05) is 56.4 Å². The van der Waals surface area contributed by atoms with Crippen LogP contribution in [0.5, 0.6) is 0 Å². The average Bonchev–Trinajstić information content (AvgIpc) is 2.57. The lowest BCUT2D eigenvalue weighted by molar-refractivity contribution is -0.120. The molecule has 1 aliphatic rings. The molecule has 0 aromatic carbocycles. The number of aryl methyl sites for hydroxylation is 1. The molecule has 0 amide bonds. The van der Waals surface area contributed by atoms with Crippen molar-refractivity contribution in [1.82, 2.24) is 4.98 Å². The van der Waals surface area contributed by atoms with Gasteiger partial charge in [0.1, 0.15) is 5.78 Å². The first-order chi connectivity index (χ1) is 11.6. The number of nitrogens with zero attached hydrogens (tertiary/aromatic N) is 1. The minimum atomic E-state index is -0.161. The van der Waals surface area contributed by atoms with E-state index in [0.29, 0.717) is 6.42 Å². The molecule has 3 heteroatoms. The summed E-state index contributed by atoms with van der Waals surface area (Å²) in [6.07, 6.45) is 16.9. The highest BCUT2D eigenvalue weighted by Gasteiger charge is 2.12. The zero-order valence-electron chi connectivity index (χ0n) is 14.6. The van der Waals surface area contributed by atoms with E-state index in [2.05, 4.69) is 11.9 Å². The van der Waals surface area contributed by atoms with Gasteiger partial charge in [0.25, 0.3) is 0 Å². The van der Waals surface area contributed by atoms with Gasteiger partial charge in [-0.25, -0.2) is 0 Å². The van der Waals surface area contributed by atoms with E-state index in [1.54, 1.807) is 13.3 Å². The van der Waals surface area contributed by atoms with Crippen molar-refractivity contribution in [2.45, 2.75) is 32.8 Å². The van der Waals surface area contributed by atoms with Crippen molar-refractivity contribution in [3.05, 3.63) is 77.7 Å². The molecule has 1 aromatic rings. The second kappa shape index (κ2) is 9.14. The number of allylic oxidation sites excluding steroid dienone is 6. The molecule has 2 unspecified atom stereocenters. The molecule has 0 radical (unpaired) electrons. The number of aromatic nitrogens is 1. The van der Waals surface area contributed by atoms with Crippen LogP contribution >= 0.6 is 0 Å². The number of ether oxygens (including phenoxy) is 1. The second-order valence-electron chi connectivity index (χ2n) is 5.91. The number of methoxy groups -OCH3 is 1. The van der Waals surface area contributed by atoms with Gasteiger partial charge in [0, 0.05) is 31.3 Å². The molecule has 0 saturated heterocycles. The van der Waals surface area contributed by atoms with Gasteiger partial charge in [-0.2, -0.15) is 0 Å². The molecule has 126 valence electrons. The second-order valence-corrected chi connectivity index (χ2v) is 5.91. The summed E-state index contributed by atoms with van der Waals surface area (Å²) < 4.78 is 5.32. The fourth-order valence-electron chi connectivity index (χ4n) is 2.50. The lowest BCUT2D eigenvalue weighted by Crippen LogP contribution is -2.13. The molecular formula is C21H25NO2. The van der Waals surface area contributed by atoms with Crippen LogP contribution in [0.25, 0.3) is 0 Å². The van der Waals surface area contributed by atoms with E-state index in [-0.39, 0.29) is 17.8 Å². The Kier molecular flexibility index (Phi) is 6.89. The zero-order valence-corrected chi connectivity index (χ0v) is 14.6. The summed E-state index contributed by atoms with van der Waals surface area (Å²) in [5.74, 6) is 0.0109. The van der Waals surface area contributed by atoms with Crippen molar-refractivity contribution in [1.29, 1.82) is 0 Å². The van der Waals surface area contributed by atoms with Gasteiger partial charge < -0.3 is 4.74 Å². The normalized spacial score (nSPS) is 24.0. The Hall–Kier alpha value is -2.26. The maximum Gasteiger partial charge on any atom is 0.145 e. The molecule has 1 aromatic heterocycles. The summed E-state index contributed by atoms with van der Waals surface area (Å²) in [4.78, 5) is 16.8. The third-order valence-corrected chi connectivity index (χ3v) is 4.05. The van der Waals surface area contributed by atoms with Gasteiger partial charge in [-0.05, 0) is 29.7 Å². The highest BCUT2D eigenvalue weighted by atomic mass is 16.5. The van der Waals surface area contributed by atoms with Crippen LogP contribution in [0.3, 0.4) is 0 Å². The first-order valence-electron chi connectivity index (χ1n) is 8.36. The van der Waals surface area contributed by atoms with Crippen LogP contribution in [-0.2, 0) is 22.4 Å². The van der Waals surface area contributed by atoms with Crippen molar-refractivity contribution in [2.75, 3.05) is 7.11 Å². The number of rotatable bonds is 6. The van der Waals surface area contributed by atoms with Gasteiger partial charge in [0.05, 0.1) is 6.10 Å². The molecule has 0 fully saturated rings. The van der Waals surface area contributed by atoms with E-state index in [9.17, 15) is 4.79 Å². The quantitative estimate of drug-likeness (QED) is 0.794. The molecule has 24 heavy (non-hydrogen) atoms. The molecule has 3 nitrogen and oxygen atoms in total. The highest BCUT2D eigenvalue weighted by molar-refractivity contribution is 5.84. The number of hydrogen-bond donors (Lipinski definition) is 0. The summed E-state index contributed by atoms with van der Waals surface area (Å²) in [5, 5.41) is 0. The van der Waals surface area contributed by atoms with Gasteiger partial charge in [-0.15, -0.1) is 0 Å². The number of carbonyl (C=O) groups is 1. The van der Waals surface area contributed by atoms with E-state index < -0.39 is 0 Å². The van der Waals surface area contributed by atoms with E-state index in [4.69, 9.17) is 4.74 Å². The maximum absolute atomic E-state index is 12.5. The van der Waals surface area contributed by atoms with Crippen molar-refractivity contribution in [2.24, 2.45) is 5.92 Å². The molecule has 0 saturated carbocycles. The predicted molar refractivity (Wildman–Crippen MR) is 97.8 cm³/mol. The van der Waals surface area contributed by atoms with Crippen LogP contribution in [0.2, 0.25) is 0 Å². The first kappa shape index (κ1) is 18.1. The topological polar surface area (TPSA) is 39.2 Å². The minimum Gasteiger partial charge on any atom is -0.373 e. The third kappa shape index (κ3) is 5.43. The molecule has 1 heterocycles. The maximum atomic E-state index is 12.5. The Morgan fingerprint density at radius 2 is 2.17 bits per heavy atom. The van der Waals surface area contributed by atoms with Crippen molar-refractivity contribution < 1.29 is 9.53 Å². The Labute approximate surface area is 144 Å². The Morgan fingerprint density at radius 3 is 2.92 bits per heavy atom. The van der Waals surface area contributed by atoms with Crippen molar-refractivity contribution >= 4 is 5.78 Å². The molecule has 2 rings (SSSR count). The molecule has 0 N–H and O–H groups in total. The number of Topliss-reactive ketones (excluding diaryl/α,β-unsaturated/α-hetero) is 1. The molecule has 0 bridgehead atoms. The van der Waals surface area contributed by atoms with Crippen LogP contribution in [0.4, 0.5) is 0 Å². The molecule has 2 atom stereocenters. The van der Waals surface area contributed by atoms with Crippen molar-refractivity contribution in [3.63, 3.8) is 0 Å². The van der Waals surface area contributed by atoms with Gasteiger partial charge in [0.2, 0.25) is 0 Å². The average molecular weight is 323 g/mol. The zero-order chi connectivity index (χ0) is 17.4. The number of ketones is 1. The van der Waals surface area contributed by atoms with E-state index >= 15 is 0 Å². The van der Waals surface area contributed by atoms with Crippen LogP contribution in [0, 0.1) is 5.92 Å². The third-order valence-electron chi connectivity index (χ3n) is 4.05. The standard InChI is InChI=1S/C21H25NO2/c1-4-17-11-12-22-19(14-17)15-21(23)16(2)13-18-7-5-6-8-20(24-3)10-9-18/h5-14,16,20H,4,15H2,1-3H3/b7-5-,8-6-,10-9-,18-13-. The SMILES string of the molecule is CCc1ccnc(CC(=O)C(C)/C=C2/C=C\C=C/C(OC)\C=C/2)c1. The van der Waals surface area contributed by atoms with Crippen LogP contribution in [0.1, 0.15) is 25.1 Å². The fraction of sp³-hybridized carbons (Fsp3) is 0.333.